The largest absolute Gasteiger partial charge is 0.349 e. The molecule has 0 heterocycles. The molecule has 1 fully saturated rings. The minimum Gasteiger partial charge on any atom is -0.349 e. The fourth-order valence-corrected chi connectivity index (χ4v) is 3.52. The number of amides is 2. The molecule has 0 aromatic heterocycles. The summed E-state index contributed by atoms with van der Waals surface area (Å²) in [6, 6.07) is 12.5. The summed E-state index contributed by atoms with van der Waals surface area (Å²) in [6.07, 6.45) is 5.71. The Morgan fingerprint density at radius 2 is 1.73 bits per heavy atom. The van der Waals surface area contributed by atoms with Gasteiger partial charge in [0.05, 0.1) is 10.6 Å². The number of aryl methyl sites for hydroxylation is 1. The van der Waals surface area contributed by atoms with Gasteiger partial charge in [-0.25, -0.2) is 0 Å². The molecule has 2 amide bonds. The van der Waals surface area contributed by atoms with Crippen molar-refractivity contribution >= 4 is 29.1 Å². The highest BCUT2D eigenvalue weighted by atomic mass is 35.5. The van der Waals surface area contributed by atoms with Crippen molar-refractivity contribution in [3.8, 4) is 0 Å². The van der Waals surface area contributed by atoms with Gasteiger partial charge in [0.2, 0.25) is 0 Å². The molecule has 0 aliphatic heterocycles. The number of anilines is 1. The molecular formula is C21H23ClN2O2. The van der Waals surface area contributed by atoms with Crippen molar-refractivity contribution in [3.05, 3.63) is 64.2 Å². The molecule has 136 valence electrons. The lowest BCUT2D eigenvalue weighted by molar-refractivity contribution is 0.0927. The molecule has 26 heavy (non-hydrogen) atoms. The summed E-state index contributed by atoms with van der Waals surface area (Å²) in [5.74, 6) is -0.318. The Hall–Kier alpha value is -2.33. The van der Waals surface area contributed by atoms with Crippen LogP contribution in [0.5, 0.6) is 0 Å². The number of rotatable bonds is 4. The van der Waals surface area contributed by atoms with Crippen LogP contribution < -0.4 is 10.6 Å². The Balaban J connectivity index is 1.68. The van der Waals surface area contributed by atoms with Crippen molar-refractivity contribution in [1.82, 2.24) is 5.32 Å². The molecule has 3 rings (SSSR count). The molecule has 2 N–H and O–H groups in total. The predicted molar refractivity (Wildman–Crippen MR) is 105 cm³/mol. The lowest BCUT2D eigenvalue weighted by Gasteiger charge is -2.23. The highest BCUT2D eigenvalue weighted by molar-refractivity contribution is 6.34. The third-order valence-electron chi connectivity index (χ3n) is 4.80. The molecule has 4 nitrogen and oxygen atoms in total. The normalized spacial score (nSPS) is 14.7. The Kier molecular flexibility index (Phi) is 5.94. The number of hydrogen-bond acceptors (Lipinski definition) is 2. The average molecular weight is 371 g/mol. The van der Waals surface area contributed by atoms with Crippen LogP contribution in [0.3, 0.4) is 0 Å². The van der Waals surface area contributed by atoms with E-state index < -0.39 is 0 Å². The number of hydrogen-bond donors (Lipinski definition) is 2. The van der Waals surface area contributed by atoms with E-state index in [0.717, 1.165) is 18.4 Å². The zero-order valence-electron chi connectivity index (χ0n) is 14.8. The van der Waals surface area contributed by atoms with Gasteiger partial charge in [0, 0.05) is 17.3 Å². The Labute approximate surface area is 158 Å². The molecule has 0 atom stereocenters. The van der Waals surface area contributed by atoms with Gasteiger partial charge in [0.15, 0.2) is 0 Å². The van der Waals surface area contributed by atoms with E-state index in [-0.39, 0.29) is 17.9 Å². The summed E-state index contributed by atoms with van der Waals surface area (Å²) in [4.78, 5) is 24.8. The summed E-state index contributed by atoms with van der Waals surface area (Å²) >= 11 is 6.07. The predicted octanol–water partition coefficient (Wildman–Crippen LogP) is 4.96. The lowest BCUT2D eigenvalue weighted by Crippen LogP contribution is -2.36. The molecule has 2 aromatic rings. The standard InChI is InChI=1S/C21H23ClN2O2/c1-14-13-15(20(25)23-16-7-3-2-4-8-16)11-12-19(14)24-21(26)17-9-5-6-10-18(17)22/h5-6,9-13,16H,2-4,7-8H2,1H3,(H,23,25)(H,24,26). The van der Waals surface area contributed by atoms with Crippen LogP contribution >= 0.6 is 11.6 Å². The first kappa shape index (κ1) is 18.5. The maximum atomic E-state index is 12.4. The molecule has 0 saturated heterocycles. The molecule has 0 bridgehead atoms. The zero-order valence-corrected chi connectivity index (χ0v) is 15.6. The average Bonchev–Trinajstić information content (AvgIpc) is 2.64. The van der Waals surface area contributed by atoms with Gasteiger partial charge in [-0.1, -0.05) is 43.0 Å². The van der Waals surface area contributed by atoms with Crippen LogP contribution in [0.15, 0.2) is 42.5 Å². The van der Waals surface area contributed by atoms with Crippen LogP contribution in [0.2, 0.25) is 5.02 Å². The molecule has 0 radical (unpaired) electrons. The topological polar surface area (TPSA) is 58.2 Å². The maximum Gasteiger partial charge on any atom is 0.257 e. The van der Waals surface area contributed by atoms with Crippen LogP contribution in [0.25, 0.3) is 0 Å². The third-order valence-corrected chi connectivity index (χ3v) is 5.13. The molecule has 0 spiro atoms. The SMILES string of the molecule is Cc1cc(C(=O)NC2CCCCC2)ccc1NC(=O)c1ccccc1Cl. The Morgan fingerprint density at radius 1 is 1.00 bits per heavy atom. The van der Waals surface area contributed by atoms with Crippen LogP contribution in [0.4, 0.5) is 5.69 Å². The highest BCUT2D eigenvalue weighted by Gasteiger charge is 2.17. The summed E-state index contributed by atoms with van der Waals surface area (Å²) in [7, 11) is 0. The van der Waals surface area contributed by atoms with Crippen molar-refractivity contribution in [2.45, 2.75) is 45.1 Å². The first-order chi connectivity index (χ1) is 12.5. The van der Waals surface area contributed by atoms with Crippen molar-refractivity contribution in [2.24, 2.45) is 0 Å². The van der Waals surface area contributed by atoms with Crippen molar-refractivity contribution in [3.63, 3.8) is 0 Å². The summed E-state index contributed by atoms with van der Waals surface area (Å²) in [5.41, 5.74) is 2.54. The molecular weight excluding hydrogens is 348 g/mol. The molecule has 2 aromatic carbocycles. The number of carbonyl (C=O) groups excluding carboxylic acids is 2. The van der Waals surface area contributed by atoms with Crippen LogP contribution in [0.1, 0.15) is 58.4 Å². The van der Waals surface area contributed by atoms with E-state index in [1.807, 2.05) is 6.92 Å². The van der Waals surface area contributed by atoms with E-state index in [0.29, 0.717) is 21.8 Å². The highest BCUT2D eigenvalue weighted by Crippen LogP contribution is 2.22. The molecule has 0 unspecified atom stereocenters. The van der Waals surface area contributed by atoms with Gasteiger partial charge in [0.25, 0.3) is 11.8 Å². The van der Waals surface area contributed by atoms with Gasteiger partial charge in [-0.3, -0.25) is 9.59 Å². The smallest absolute Gasteiger partial charge is 0.257 e. The fourth-order valence-electron chi connectivity index (χ4n) is 3.30. The van der Waals surface area contributed by atoms with Gasteiger partial charge in [-0.15, -0.1) is 0 Å². The Bertz CT molecular complexity index is 813. The van der Waals surface area contributed by atoms with E-state index in [1.54, 1.807) is 42.5 Å². The second kappa shape index (κ2) is 8.37. The van der Waals surface area contributed by atoms with Crippen molar-refractivity contribution < 1.29 is 9.59 Å². The number of carbonyl (C=O) groups is 2. The van der Waals surface area contributed by atoms with Gasteiger partial charge in [0.1, 0.15) is 0 Å². The number of halogens is 1. The second-order valence-electron chi connectivity index (χ2n) is 6.77. The van der Waals surface area contributed by atoms with Gasteiger partial charge >= 0.3 is 0 Å². The minimum atomic E-state index is -0.266. The van der Waals surface area contributed by atoms with Gasteiger partial charge in [-0.2, -0.15) is 0 Å². The minimum absolute atomic E-state index is 0.0519. The van der Waals surface area contributed by atoms with Gasteiger partial charge < -0.3 is 10.6 Å². The molecule has 1 aliphatic carbocycles. The van der Waals surface area contributed by atoms with Crippen molar-refractivity contribution in [2.75, 3.05) is 5.32 Å². The Morgan fingerprint density at radius 3 is 2.42 bits per heavy atom. The zero-order chi connectivity index (χ0) is 18.5. The summed E-state index contributed by atoms with van der Waals surface area (Å²) < 4.78 is 0. The van der Waals surface area contributed by atoms with E-state index in [2.05, 4.69) is 10.6 Å². The summed E-state index contributed by atoms with van der Waals surface area (Å²) in [5, 5.41) is 6.38. The first-order valence-corrected chi connectivity index (χ1v) is 9.40. The molecule has 5 heteroatoms. The van der Waals surface area contributed by atoms with Crippen LogP contribution in [0, 0.1) is 6.92 Å². The molecule has 1 aliphatic rings. The van der Waals surface area contributed by atoms with Crippen LogP contribution in [-0.4, -0.2) is 17.9 Å². The number of benzene rings is 2. The summed E-state index contributed by atoms with van der Waals surface area (Å²) in [6.45, 7) is 1.87. The van der Waals surface area contributed by atoms with E-state index in [1.165, 1.54) is 19.3 Å². The monoisotopic (exact) mass is 370 g/mol. The first-order valence-electron chi connectivity index (χ1n) is 9.02. The van der Waals surface area contributed by atoms with Crippen molar-refractivity contribution in [1.29, 1.82) is 0 Å². The third kappa shape index (κ3) is 4.44. The quantitative estimate of drug-likeness (QED) is 0.798. The van der Waals surface area contributed by atoms with E-state index >= 15 is 0 Å². The molecule has 1 saturated carbocycles. The van der Waals surface area contributed by atoms with E-state index in [4.69, 9.17) is 11.6 Å². The maximum absolute atomic E-state index is 12.4. The van der Waals surface area contributed by atoms with Gasteiger partial charge in [-0.05, 0) is 55.7 Å². The fraction of sp³-hybridized carbons (Fsp3) is 0.333. The number of nitrogens with one attached hydrogen (secondary N) is 2. The second-order valence-corrected chi connectivity index (χ2v) is 7.18. The van der Waals surface area contributed by atoms with Crippen LogP contribution in [-0.2, 0) is 0 Å². The van der Waals surface area contributed by atoms with E-state index in [9.17, 15) is 9.59 Å². The lowest BCUT2D eigenvalue weighted by atomic mass is 9.95.